The maximum absolute atomic E-state index is 14.0. The van der Waals surface area contributed by atoms with Gasteiger partial charge in [-0.15, -0.1) is 13.2 Å². The van der Waals surface area contributed by atoms with Gasteiger partial charge < -0.3 is 9.47 Å². The van der Waals surface area contributed by atoms with Gasteiger partial charge in [-0.25, -0.2) is 8.78 Å². The Balaban J connectivity index is 1.71. The van der Waals surface area contributed by atoms with Crippen LogP contribution in [0.1, 0.15) is 29.9 Å². The topological polar surface area (TPSA) is 18.5 Å². The van der Waals surface area contributed by atoms with Crippen LogP contribution in [0.3, 0.4) is 0 Å². The minimum Gasteiger partial charge on any atom is -0.457 e. The lowest BCUT2D eigenvalue weighted by Gasteiger charge is -2.22. The van der Waals surface area contributed by atoms with E-state index in [1.54, 1.807) is 48.5 Å². The quantitative estimate of drug-likeness (QED) is 0.296. The lowest BCUT2D eigenvalue weighted by molar-refractivity contribution is -0.276. The van der Waals surface area contributed by atoms with Gasteiger partial charge in [0.15, 0.2) is 11.6 Å². The summed E-state index contributed by atoms with van der Waals surface area (Å²) in [6.45, 7) is 0. The Labute approximate surface area is 189 Å². The number of ether oxygens (including phenoxy) is 2. The second kappa shape index (κ2) is 10.3. The van der Waals surface area contributed by atoms with Crippen LogP contribution in [0.15, 0.2) is 66.7 Å². The van der Waals surface area contributed by atoms with Gasteiger partial charge in [-0.2, -0.15) is 13.2 Å². The molecular formula is C24H18F8O2. The van der Waals surface area contributed by atoms with Gasteiger partial charge in [0, 0.05) is 0 Å². The maximum Gasteiger partial charge on any atom is 0.573 e. The average molecular weight is 490 g/mol. The van der Waals surface area contributed by atoms with E-state index in [0.29, 0.717) is 17.1 Å². The van der Waals surface area contributed by atoms with Crippen molar-refractivity contribution < 1.29 is 44.6 Å². The van der Waals surface area contributed by atoms with Crippen LogP contribution in [-0.2, 0) is 6.42 Å². The first-order valence-electron chi connectivity index (χ1n) is 10.1. The number of rotatable bonds is 8. The highest BCUT2D eigenvalue weighted by Gasteiger charge is 2.41. The fourth-order valence-electron chi connectivity index (χ4n) is 3.41. The third-order valence-corrected chi connectivity index (χ3v) is 4.87. The molecule has 0 spiro atoms. The van der Waals surface area contributed by atoms with Crippen LogP contribution in [-0.4, -0.2) is 12.5 Å². The number of benzene rings is 3. The molecule has 2 nitrogen and oxygen atoms in total. The number of alkyl halides is 6. The Hall–Kier alpha value is -3.30. The molecule has 0 aliphatic heterocycles. The largest absolute Gasteiger partial charge is 0.573 e. The predicted octanol–water partition coefficient (Wildman–Crippen LogP) is 8.32. The van der Waals surface area contributed by atoms with Gasteiger partial charge in [-0.1, -0.05) is 30.3 Å². The van der Waals surface area contributed by atoms with Crippen molar-refractivity contribution in [3.63, 3.8) is 0 Å². The molecular weight excluding hydrogens is 472 g/mol. The monoisotopic (exact) mass is 490 g/mol. The summed E-state index contributed by atoms with van der Waals surface area (Å²) < 4.78 is 114. The zero-order valence-electron chi connectivity index (χ0n) is 17.4. The van der Waals surface area contributed by atoms with E-state index in [1.807, 2.05) is 6.07 Å². The predicted molar refractivity (Wildman–Crippen MR) is 108 cm³/mol. The molecule has 0 aliphatic carbocycles. The molecule has 0 aliphatic rings. The molecule has 182 valence electrons. The standard InChI is InChI=1S/C24H18F8O2/c25-20-13-16(14-21(26)22(20)34-24(30,31)32)19(23(27,28)29)11-5-7-15-6-4-10-18(12-15)33-17-8-2-1-3-9-17/h1-4,6,8-10,12-14,19H,5,7,11H2. The van der Waals surface area contributed by atoms with Crippen molar-refractivity contribution in [3.8, 4) is 17.2 Å². The Morgan fingerprint density at radius 1 is 0.735 bits per heavy atom. The van der Waals surface area contributed by atoms with Crippen LogP contribution < -0.4 is 9.47 Å². The average Bonchev–Trinajstić information content (AvgIpc) is 2.73. The molecule has 10 heteroatoms. The minimum absolute atomic E-state index is 0.0109. The zero-order valence-corrected chi connectivity index (χ0v) is 17.4. The molecule has 34 heavy (non-hydrogen) atoms. The van der Waals surface area contributed by atoms with Gasteiger partial charge in [-0.05, 0) is 66.8 Å². The van der Waals surface area contributed by atoms with Crippen molar-refractivity contribution in [1.82, 2.24) is 0 Å². The van der Waals surface area contributed by atoms with Crippen molar-refractivity contribution in [1.29, 1.82) is 0 Å². The van der Waals surface area contributed by atoms with Crippen LogP contribution in [0.2, 0.25) is 0 Å². The molecule has 0 fully saturated rings. The Morgan fingerprint density at radius 2 is 1.35 bits per heavy atom. The van der Waals surface area contributed by atoms with E-state index in [0.717, 1.165) is 0 Å². The van der Waals surface area contributed by atoms with Crippen LogP contribution >= 0.6 is 0 Å². The van der Waals surface area contributed by atoms with Crippen molar-refractivity contribution in [2.75, 3.05) is 0 Å². The lowest BCUT2D eigenvalue weighted by atomic mass is 9.91. The summed E-state index contributed by atoms with van der Waals surface area (Å²) in [4.78, 5) is 0. The second-order valence-electron chi connectivity index (χ2n) is 7.41. The van der Waals surface area contributed by atoms with Crippen molar-refractivity contribution in [3.05, 3.63) is 89.5 Å². The molecule has 0 bridgehead atoms. The van der Waals surface area contributed by atoms with Gasteiger partial charge in [0.1, 0.15) is 11.5 Å². The highest BCUT2D eigenvalue weighted by molar-refractivity contribution is 5.35. The van der Waals surface area contributed by atoms with E-state index in [4.69, 9.17) is 4.74 Å². The van der Waals surface area contributed by atoms with Crippen LogP contribution in [0, 0.1) is 11.6 Å². The van der Waals surface area contributed by atoms with E-state index in [9.17, 15) is 35.1 Å². The summed E-state index contributed by atoms with van der Waals surface area (Å²) in [5, 5.41) is 0. The lowest BCUT2D eigenvalue weighted by Crippen LogP contribution is -2.22. The highest BCUT2D eigenvalue weighted by Crippen LogP contribution is 2.41. The van der Waals surface area contributed by atoms with E-state index in [1.165, 1.54) is 0 Å². The Morgan fingerprint density at radius 3 is 1.94 bits per heavy atom. The van der Waals surface area contributed by atoms with Crippen molar-refractivity contribution >= 4 is 0 Å². The summed E-state index contributed by atoms with van der Waals surface area (Å²) in [6, 6.07) is 16.0. The van der Waals surface area contributed by atoms with Gasteiger partial charge in [-0.3, -0.25) is 0 Å². The van der Waals surface area contributed by atoms with Gasteiger partial charge in [0.05, 0.1) is 5.92 Å². The molecule has 1 unspecified atom stereocenters. The first-order valence-corrected chi connectivity index (χ1v) is 10.1. The molecule has 0 N–H and O–H groups in total. The summed E-state index contributed by atoms with van der Waals surface area (Å²) >= 11 is 0. The van der Waals surface area contributed by atoms with Crippen molar-refractivity contribution in [2.45, 2.75) is 37.7 Å². The molecule has 0 heterocycles. The molecule has 0 amide bonds. The number of aryl methyl sites for hydroxylation is 1. The molecule has 3 rings (SSSR count). The highest BCUT2D eigenvalue weighted by atomic mass is 19.4. The maximum atomic E-state index is 14.0. The Kier molecular flexibility index (Phi) is 7.68. The van der Waals surface area contributed by atoms with Gasteiger partial charge in [0.25, 0.3) is 0 Å². The molecule has 3 aromatic carbocycles. The molecule has 0 aromatic heterocycles. The van der Waals surface area contributed by atoms with E-state index >= 15 is 0 Å². The molecule has 0 radical (unpaired) electrons. The number of halogens is 8. The van der Waals surface area contributed by atoms with Gasteiger partial charge in [0.2, 0.25) is 5.75 Å². The fourth-order valence-corrected chi connectivity index (χ4v) is 3.41. The van der Waals surface area contributed by atoms with Gasteiger partial charge >= 0.3 is 12.5 Å². The summed E-state index contributed by atoms with van der Waals surface area (Å²) in [7, 11) is 0. The molecule has 3 aromatic rings. The fraction of sp³-hybridized carbons (Fsp3) is 0.250. The third-order valence-electron chi connectivity index (χ3n) is 4.87. The normalized spacial score (nSPS) is 12.9. The van der Waals surface area contributed by atoms with E-state index in [2.05, 4.69) is 4.74 Å². The summed E-state index contributed by atoms with van der Waals surface area (Å²) in [5.41, 5.74) is -0.140. The molecule has 0 saturated heterocycles. The molecule has 0 saturated carbocycles. The van der Waals surface area contributed by atoms with Crippen LogP contribution in [0.4, 0.5) is 35.1 Å². The SMILES string of the molecule is Fc1cc(C(CCCc2cccc(Oc3ccccc3)c2)C(F)(F)F)cc(F)c1OC(F)(F)F. The van der Waals surface area contributed by atoms with Crippen LogP contribution in [0.25, 0.3) is 0 Å². The number of para-hydroxylation sites is 1. The summed E-state index contributed by atoms with van der Waals surface area (Å²) in [5.74, 6) is -6.74. The van der Waals surface area contributed by atoms with Crippen molar-refractivity contribution in [2.24, 2.45) is 0 Å². The smallest absolute Gasteiger partial charge is 0.457 e. The third kappa shape index (κ3) is 7.10. The summed E-state index contributed by atoms with van der Waals surface area (Å²) in [6.07, 6.45) is -10.6. The van der Waals surface area contributed by atoms with Crippen LogP contribution in [0.5, 0.6) is 17.2 Å². The minimum atomic E-state index is -5.40. The van der Waals surface area contributed by atoms with E-state index in [-0.39, 0.29) is 25.0 Å². The number of hydrogen-bond donors (Lipinski definition) is 0. The zero-order chi connectivity index (χ0) is 24.9. The van der Waals surface area contributed by atoms with E-state index < -0.39 is 47.8 Å². The first kappa shape index (κ1) is 25.3. The second-order valence-corrected chi connectivity index (χ2v) is 7.41. The first-order chi connectivity index (χ1) is 15.9. The Bertz CT molecular complexity index is 1070. The number of hydrogen-bond acceptors (Lipinski definition) is 2. The molecule has 1 atom stereocenters.